The first-order valence-electron chi connectivity index (χ1n) is 12.5. The van der Waals surface area contributed by atoms with Crippen molar-refractivity contribution in [2.45, 2.75) is 91.2 Å². The van der Waals surface area contributed by atoms with Gasteiger partial charge in [-0.1, -0.05) is 24.8 Å². The van der Waals surface area contributed by atoms with Crippen LogP contribution in [0.3, 0.4) is 0 Å². The number of thiophene rings is 1. The van der Waals surface area contributed by atoms with Gasteiger partial charge in [-0.2, -0.15) is 0 Å². The molecular formula is C28H39NO4S. The molecule has 2 saturated carbocycles. The number of carbonyl (C=O) groups is 2. The number of amides is 1. The summed E-state index contributed by atoms with van der Waals surface area (Å²) in [4.78, 5) is 28.9. The molecule has 5 nitrogen and oxygen atoms in total. The number of ether oxygens (including phenoxy) is 1. The van der Waals surface area contributed by atoms with Gasteiger partial charge in [-0.25, -0.2) is 4.79 Å². The Kier molecular flexibility index (Phi) is 9.01. The zero-order valence-electron chi connectivity index (χ0n) is 21.1. The van der Waals surface area contributed by atoms with Crippen molar-refractivity contribution < 1.29 is 19.4 Å². The van der Waals surface area contributed by atoms with E-state index in [4.69, 9.17) is 4.74 Å². The van der Waals surface area contributed by atoms with Gasteiger partial charge < -0.3 is 14.7 Å². The van der Waals surface area contributed by atoms with Gasteiger partial charge in [-0.15, -0.1) is 17.9 Å². The van der Waals surface area contributed by atoms with Crippen LogP contribution in [0.15, 0.2) is 18.7 Å². The first kappa shape index (κ1) is 26.5. The molecule has 6 heteroatoms. The lowest BCUT2D eigenvalue weighted by Crippen LogP contribution is -2.47. The Morgan fingerprint density at radius 1 is 1.18 bits per heavy atom. The minimum absolute atomic E-state index is 0.0217. The molecule has 2 aliphatic carbocycles. The second-order valence-electron chi connectivity index (χ2n) is 10.8. The minimum atomic E-state index is -0.998. The second-order valence-corrected chi connectivity index (χ2v) is 11.9. The summed E-state index contributed by atoms with van der Waals surface area (Å²) in [5.41, 5.74) is 0.334. The van der Waals surface area contributed by atoms with Crippen LogP contribution < -0.4 is 4.90 Å². The number of carboxylic acids is 1. The summed E-state index contributed by atoms with van der Waals surface area (Å²) < 4.78 is 5.85. The van der Waals surface area contributed by atoms with E-state index in [1.54, 1.807) is 6.08 Å². The Morgan fingerprint density at radius 2 is 1.82 bits per heavy atom. The van der Waals surface area contributed by atoms with Gasteiger partial charge in [-0.3, -0.25) is 4.79 Å². The summed E-state index contributed by atoms with van der Waals surface area (Å²) in [7, 11) is 0. The summed E-state index contributed by atoms with van der Waals surface area (Å²) in [6.07, 6.45) is 9.07. The zero-order valence-corrected chi connectivity index (χ0v) is 21.9. The van der Waals surface area contributed by atoms with E-state index in [0.717, 1.165) is 51.4 Å². The summed E-state index contributed by atoms with van der Waals surface area (Å²) in [6, 6.07) is 1.81. The third-order valence-electron chi connectivity index (χ3n) is 6.79. The van der Waals surface area contributed by atoms with Gasteiger partial charge in [0.05, 0.1) is 23.3 Å². The number of hydrogen-bond donors (Lipinski definition) is 1. The number of rotatable bonds is 7. The number of aromatic carboxylic acids is 1. The normalized spacial score (nSPS) is 25.2. The Labute approximate surface area is 208 Å². The lowest BCUT2D eigenvalue weighted by molar-refractivity contribution is -0.124. The van der Waals surface area contributed by atoms with Crippen LogP contribution >= 0.6 is 11.3 Å². The van der Waals surface area contributed by atoms with Gasteiger partial charge in [0.1, 0.15) is 4.88 Å². The van der Waals surface area contributed by atoms with E-state index in [1.165, 1.54) is 11.3 Å². The lowest BCUT2D eigenvalue weighted by Gasteiger charge is -2.39. The maximum absolute atomic E-state index is 13.9. The van der Waals surface area contributed by atoms with E-state index in [1.807, 2.05) is 31.7 Å². The zero-order chi connectivity index (χ0) is 24.9. The van der Waals surface area contributed by atoms with E-state index >= 15 is 0 Å². The molecule has 34 heavy (non-hydrogen) atoms. The van der Waals surface area contributed by atoms with Gasteiger partial charge in [0, 0.05) is 17.4 Å². The molecule has 0 unspecified atom stereocenters. The predicted molar refractivity (Wildman–Crippen MR) is 138 cm³/mol. The van der Waals surface area contributed by atoms with Crippen molar-refractivity contribution in [3.05, 3.63) is 28.5 Å². The van der Waals surface area contributed by atoms with Gasteiger partial charge >= 0.3 is 5.97 Å². The summed E-state index contributed by atoms with van der Waals surface area (Å²) in [6.45, 7) is 12.6. The fourth-order valence-corrected chi connectivity index (χ4v) is 5.74. The molecule has 0 aromatic carbocycles. The Balaban J connectivity index is 1.94. The molecule has 0 bridgehead atoms. The van der Waals surface area contributed by atoms with Crippen molar-refractivity contribution in [1.29, 1.82) is 0 Å². The van der Waals surface area contributed by atoms with Crippen LogP contribution in [-0.4, -0.2) is 35.7 Å². The highest BCUT2D eigenvalue weighted by atomic mass is 32.1. The lowest BCUT2D eigenvalue weighted by atomic mass is 9.81. The maximum Gasteiger partial charge on any atom is 0.348 e. The molecule has 0 atom stereocenters. The third kappa shape index (κ3) is 6.96. The van der Waals surface area contributed by atoms with Crippen LogP contribution in [0.2, 0.25) is 0 Å². The van der Waals surface area contributed by atoms with Crippen LogP contribution in [0.5, 0.6) is 0 Å². The smallest absolute Gasteiger partial charge is 0.348 e. The molecule has 1 N–H and O–H groups in total. The number of carboxylic acid groups (broad SMARTS) is 1. The maximum atomic E-state index is 13.9. The van der Waals surface area contributed by atoms with E-state index in [0.29, 0.717) is 23.1 Å². The van der Waals surface area contributed by atoms with Crippen LogP contribution in [0.4, 0.5) is 5.69 Å². The van der Waals surface area contributed by atoms with Crippen molar-refractivity contribution in [2.75, 3.05) is 11.5 Å². The second kappa shape index (κ2) is 11.6. The SMILES string of the molecule is C=CCO[C@H]1CC[C@H](N(c2cc(C#CC(C)(C)C)sc2C(=O)O)C(=O)[C@H]2CC[C@H](C)CC2)CC1. The quantitative estimate of drug-likeness (QED) is 0.353. The monoisotopic (exact) mass is 485 g/mol. The molecule has 0 spiro atoms. The highest BCUT2D eigenvalue weighted by Crippen LogP contribution is 2.39. The minimum Gasteiger partial charge on any atom is -0.477 e. The van der Waals surface area contributed by atoms with E-state index < -0.39 is 5.97 Å². The highest BCUT2D eigenvalue weighted by Gasteiger charge is 2.37. The molecule has 1 aromatic heterocycles. The molecule has 1 heterocycles. The van der Waals surface area contributed by atoms with Crippen molar-refractivity contribution in [1.82, 2.24) is 0 Å². The number of nitrogens with zero attached hydrogens (tertiary/aromatic N) is 1. The number of carbonyl (C=O) groups excluding carboxylic acids is 1. The van der Waals surface area contributed by atoms with E-state index in [-0.39, 0.29) is 34.3 Å². The number of anilines is 1. The summed E-state index contributed by atoms with van der Waals surface area (Å²) >= 11 is 1.17. The highest BCUT2D eigenvalue weighted by molar-refractivity contribution is 7.15. The molecule has 2 fully saturated rings. The van der Waals surface area contributed by atoms with Gasteiger partial charge in [-0.05, 0) is 84.1 Å². The number of hydrogen-bond acceptors (Lipinski definition) is 4. The van der Waals surface area contributed by atoms with Crippen LogP contribution in [0, 0.1) is 29.1 Å². The van der Waals surface area contributed by atoms with Crippen molar-refractivity contribution in [3.8, 4) is 11.8 Å². The first-order chi connectivity index (χ1) is 16.1. The van der Waals surface area contributed by atoms with E-state index in [2.05, 4.69) is 25.3 Å². The molecule has 3 rings (SSSR count). The van der Waals surface area contributed by atoms with Crippen molar-refractivity contribution in [2.24, 2.45) is 17.3 Å². The Morgan fingerprint density at radius 3 is 2.38 bits per heavy atom. The average Bonchev–Trinajstić information content (AvgIpc) is 3.21. The van der Waals surface area contributed by atoms with Gasteiger partial charge in [0.2, 0.25) is 5.91 Å². The van der Waals surface area contributed by atoms with Crippen LogP contribution in [-0.2, 0) is 9.53 Å². The molecule has 0 aliphatic heterocycles. The van der Waals surface area contributed by atoms with E-state index in [9.17, 15) is 14.7 Å². The van der Waals surface area contributed by atoms with Crippen LogP contribution in [0.1, 0.15) is 93.6 Å². The van der Waals surface area contributed by atoms with Crippen LogP contribution in [0.25, 0.3) is 0 Å². The van der Waals surface area contributed by atoms with Gasteiger partial charge in [0.15, 0.2) is 0 Å². The fraction of sp³-hybridized carbons (Fsp3) is 0.643. The summed E-state index contributed by atoms with van der Waals surface area (Å²) in [5, 5.41) is 10.0. The summed E-state index contributed by atoms with van der Waals surface area (Å²) in [5.74, 6) is 6.03. The third-order valence-corrected chi connectivity index (χ3v) is 7.82. The fourth-order valence-electron chi connectivity index (χ4n) is 4.90. The average molecular weight is 486 g/mol. The topological polar surface area (TPSA) is 66.8 Å². The Hall–Kier alpha value is -2.10. The first-order valence-corrected chi connectivity index (χ1v) is 13.4. The van der Waals surface area contributed by atoms with Gasteiger partial charge in [0.25, 0.3) is 0 Å². The Bertz CT molecular complexity index is 932. The van der Waals surface area contributed by atoms with Crippen molar-refractivity contribution in [3.63, 3.8) is 0 Å². The van der Waals surface area contributed by atoms with Crippen molar-refractivity contribution >= 4 is 28.9 Å². The molecule has 1 amide bonds. The predicted octanol–water partition coefficient (Wildman–Crippen LogP) is 6.52. The molecule has 0 saturated heterocycles. The molecular weight excluding hydrogens is 446 g/mol. The molecule has 0 radical (unpaired) electrons. The molecule has 2 aliphatic rings. The largest absolute Gasteiger partial charge is 0.477 e. The molecule has 1 aromatic rings. The molecule has 186 valence electrons. The standard InChI is InChI=1S/C28H39NO4S/c1-6-17-33-22-13-11-21(12-14-22)29(26(30)20-9-7-19(2)8-10-20)24-18-23(15-16-28(3,4)5)34-25(24)27(31)32/h6,18-22H,1,7-14,17H2,2-5H3,(H,31,32)/t19-,20-,21-,22-.